The van der Waals surface area contributed by atoms with Crippen molar-refractivity contribution in [2.24, 2.45) is 0 Å². The molecule has 1 N–H and O–H groups in total. The first kappa shape index (κ1) is 19.7. The molecule has 1 saturated carbocycles. The van der Waals surface area contributed by atoms with E-state index in [1.165, 1.54) is 30.5 Å². The highest BCUT2D eigenvalue weighted by Crippen LogP contribution is 2.32. The normalized spacial score (nSPS) is 14.5. The third kappa shape index (κ3) is 3.78. The molecule has 158 valence electrons. The largest absolute Gasteiger partial charge is 0.352 e. The molecule has 0 atom stereocenters. The van der Waals surface area contributed by atoms with E-state index in [1.54, 1.807) is 23.0 Å². The summed E-state index contributed by atoms with van der Waals surface area (Å²) in [6.45, 7) is 2.26. The summed E-state index contributed by atoms with van der Waals surface area (Å²) >= 11 is 0. The highest BCUT2D eigenvalue weighted by molar-refractivity contribution is 6.08. The molecule has 0 unspecified atom stereocenters. The van der Waals surface area contributed by atoms with Gasteiger partial charge in [0.15, 0.2) is 0 Å². The maximum atomic E-state index is 13.5. The molecule has 5 rings (SSSR count). The number of rotatable bonds is 5. The van der Waals surface area contributed by atoms with Crippen LogP contribution in [0.25, 0.3) is 33.1 Å². The minimum Gasteiger partial charge on any atom is -0.352 e. The van der Waals surface area contributed by atoms with Gasteiger partial charge < -0.3 is 5.32 Å². The summed E-state index contributed by atoms with van der Waals surface area (Å²) in [5, 5.41) is 9.80. The summed E-state index contributed by atoms with van der Waals surface area (Å²) in [4.78, 5) is 17.5. The Labute approximate surface area is 180 Å². The molecule has 0 saturated heterocycles. The summed E-state index contributed by atoms with van der Waals surface area (Å²) in [5.41, 5.74) is 4.47. The molecule has 31 heavy (non-hydrogen) atoms. The zero-order valence-corrected chi connectivity index (χ0v) is 17.6. The van der Waals surface area contributed by atoms with Gasteiger partial charge in [0.05, 0.1) is 11.0 Å². The van der Waals surface area contributed by atoms with E-state index < -0.39 is 0 Å². The number of fused-ring (bicyclic) bond motifs is 3. The Bertz CT molecular complexity index is 1260. The van der Waals surface area contributed by atoms with E-state index in [0.717, 1.165) is 46.6 Å². The Balaban J connectivity index is 1.65. The van der Waals surface area contributed by atoms with Gasteiger partial charge >= 0.3 is 0 Å². The number of carbonyl (C=O) groups excluding carboxylic acids is 1. The monoisotopic (exact) mass is 416 g/mol. The lowest BCUT2D eigenvalue weighted by Crippen LogP contribution is -2.35. The van der Waals surface area contributed by atoms with E-state index in [0.29, 0.717) is 5.69 Å². The van der Waals surface area contributed by atoms with Crippen molar-refractivity contribution in [2.45, 2.75) is 51.6 Å². The molecule has 1 aliphatic rings. The molecule has 1 aliphatic carbocycles. The summed E-state index contributed by atoms with van der Waals surface area (Å²) < 4.78 is 15.3. The van der Waals surface area contributed by atoms with Gasteiger partial charge in [-0.2, -0.15) is 5.10 Å². The average molecular weight is 417 g/mol. The number of nitrogens with zero attached hydrogens (tertiary/aromatic N) is 3. The molecule has 0 spiro atoms. The van der Waals surface area contributed by atoms with Crippen molar-refractivity contribution in [3.8, 4) is 11.3 Å². The number of aromatic nitrogens is 3. The first-order valence-corrected chi connectivity index (χ1v) is 11.0. The molecular weight excluding hydrogens is 391 g/mol. The zero-order valence-electron chi connectivity index (χ0n) is 17.6. The van der Waals surface area contributed by atoms with Crippen LogP contribution in [0.2, 0.25) is 0 Å². The maximum Gasteiger partial charge on any atom is 0.241 e. The van der Waals surface area contributed by atoms with Crippen LogP contribution in [0.1, 0.15) is 38.2 Å². The molecule has 5 nitrogen and oxygen atoms in total. The van der Waals surface area contributed by atoms with Gasteiger partial charge in [-0.25, -0.2) is 4.39 Å². The Morgan fingerprint density at radius 2 is 1.90 bits per heavy atom. The third-order valence-electron chi connectivity index (χ3n) is 6.18. The van der Waals surface area contributed by atoms with E-state index in [1.807, 2.05) is 6.07 Å². The van der Waals surface area contributed by atoms with E-state index in [9.17, 15) is 9.18 Å². The fourth-order valence-corrected chi connectivity index (χ4v) is 4.54. The lowest BCUT2D eigenvalue weighted by Gasteiger charge is -2.12. The van der Waals surface area contributed by atoms with Gasteiger partial charge in [-0.05, 0) is 61.2 Å². The quantitative estimate of drug-likeness (QED) is 0.497. The van der Waals surface area contributed by atoms with Crippen molar-refractivity contribution in [2.75, 3.05) is 0 Å². The summed E-state index contributed by atoms with van der Waals surface area (Å²) in [6, 6.07) is 12.8. The highest BCUT2D eigenvalue weighted by Gasteiger charge is 2.21. The van der Waals surface area contributed by atoms with E-state index in [2.05, 4.69) is 29.4 Å². The van der Waals surface area contributed by atoms with Gasteiger partial charge in [0.25, 0.3) is 0 Å². The topological polar surface area (TPSA) is 59.8 Å². The smallest absolute Gasteiger partial charge is 0.241 e. The van der Waals surface area contributed by atoms with Gasteiger partial charge in [0.2, 0.25) is 5.91 Å². The van der Waals surface area contributed by atoms with Crippen LogP contribution in [0.4, 0.5) is 4.39 Å². The molecule has 6 heteroatoms. The Kier molecular flexibility index (Phi) is 5.14. The maximum absolute atomic E-state index is 13.5. The van der Waals surface area contributed by atoms with Crippen LogP contribution >= 0.6 is 0 Å². The van der Waals surface area contributed by atoms with E-state index >= 15 is 0 Å². The molecule has 1 fully saturated rings. The van der Waals surface area contributed by atoms with Crippen LogP contribution in [0.5, 0.6) is 0 Å². The van der Waals surface area contributed by atoms with E-state index in [4.69, 9.17) is 5.10 Å². The lowest BCUT2D eigenvalue weighted by atomic mass is 10.0. The lowest BCUT2D eigenvalue weighted by molar-refractivity contribution is -0.122. The van der Waals surface area contributed by atoms with Crippen LogP contribution in [-0.2, 0) is 17.8 Å². The summed E-state index contributed by atoms with van der Waals surface area (Å²) in [6.07, 6.45) is 7.13. The second kappa shape index (κ2) is 8.10. The zero-order chi connectivity index (χ0) is 21.4. The Morgan fingerprint density at radius 3 is 2.65 bits per heavy atom. The van der Waals surface area contributed by atoms with Crippen molar-refractivity contribution in [3.63, 3.8) is 0 Å². The summed E-state index contributed by atoms with van der Waals surface area (Å²) in [7, 11) is 0. The Hall–Kier alpha value is -3.28. The molecular formula is C25H25FN4O. The van der Waals surface area contributed by atoms with Crippen LogP contribution in [-0.4, -0.2) is 26.7 Å². The fraction of sp³-hybridized carbons (Fsp3) is 0.320. The van der Waals surface area contributed by atoms with E-state index in [-0.39, 0.29) is 24.3 Å². The van der Waals surface area contributed by atoms with Gasteiger partial charge in [-0.3, -0.25) is 14.5 Å². The van der Waals surface area contributed by atoms with Gasteiger partial charge in [0, 0.05) is 28.6 Å². The van der Waals surface area contributed by atoms with Crippen LogP contribution in [0.3, 0.4) is 0 Å². The predicted octanol–water partition coefficient (Wildman–Crippen LogP) is 5.01. The van der Waals surface area contributed by atoms with Crippen molar-refractivity contribution >= 4 is 27.7 Å². The number of halogens is 1. The second-order valence-electron chi connectivity index (χ2n) is 8.29. The Morgan fingerprint density at radius 1 is 1.13 bits per heavy atom. The SMILES string of the molecule is CCc1ccc2ncc3c(-c4ccc(F)cc4)nn(CC(=O)NC4CCCC4)c3c2c1. The van der Waals surface area contributed by atoms with Gasteiger partial charge in [-0.1, -0.05) is 25.8 Å². The molecule has 2 heterocycles. The predicted molar refractivity (Wildman–Crippen MR) is 120 cm³/mol. The van der Waals surface area contributed by atoms with Crippen LogP contribution in [0.15, 0.2) is 48.7 Å². The molecule has 4 aromatic rings. The number of nitrogens with one attached hydrogen (secondary N) is 1. The number of benzene rings is 2. The number of hydrogen-bond donors (Lipinski definition) is 1. The minimum absolute atomic E-state index is 0.0291. The third-order valence-corrected chi connectivity index (χ3v) is 6.18. The average Bonchev–Trinajstić information content (AvgIpc) is 3.42. The number of amides is 1. The van der Waals surface area contributed by atoms with Crippen molar-refractivity contribution in [1.29, 1.82) is 0 Å². The number of carbonyl (C=O) groups is 1. The van der Waals surface area contributed by atoms with Gasteiger partial charge in [-0.15, -0.1) is 0 Å². The highest BCUT2D eigenvalue weighted by atomic mass is 19.1. The molecule has 0 aliphatic heterocycles. The van der Waals surface area contributed by atoms with Crippen molar-refractivity contribution in [3.05, 3.63) is 60.0 Å². The number of hydrogen-bond acceptors (Lipinski definition) is 3. The van der Waals surface area contributed by atoms with Crippen LogP contribution < -0.4 is 5.32 Å². The van der Waals surface area contributed by atoms with Crippen molar-refractivity contribution < 1.29 is 9.18 Å². The fourth-order valence-electron chi connectivity index (χ4n) is 4.54. The first-order chi connectivity index (χ1) is 15.1. The molecule has 0 bridgehead atoms. The number of pyridine rings is 1. The molecule has 2 aromatic heterocycles. The molecule has 2 aromatic carbocycles. The first-order valence-electron chi connectivity index (χ1n) is 11.0. The minimum atomic E-state index is -0.292. The van der Waals surface area contributed by atoms with Crippen LogP contribution in [0, 0.1) is 5.82 Å². The molecule has 0 radical (unpaired) electrons. The number of aryl methyl sites for hydroxylation is 1. The van der Waals surface area contributed by atoms with Gasteiger partial charge in [0.1, 0.15) is 18.1 Å². The second-order valence-corrected chi connectivity index (χ2v) is 8.29. The standard InChI is InChI=1S/C25H25FN4O/c1-2-16-7-12-22-20(13-16)25-21(14-27-22)24(17-8-10-18(26)11-9-17)29-30(25)15-23(31)28-19-5-3-4-6-19/h7-14,19H,2-6,15H2,1H3,(H,28,31). The summed E-state index contributed by atoms with van der Waals surface area (Å²) in [5.74, 6) is -0.321. The van der Waals surface area contributed by atoms with Crippen molar-refractivity contribution in [1.82, 2.24) is 20.1 Å². The molecule has 1 amide bonds.